The molecule has 1 saturated heterocycles. The highest BCUT2D eigenvalue weighted by molar-refractivity contribution is 7.11. The van der Waals surface area contributed by atoms with Crippen molar-refractivity contribution in [2.24, 2.45) is 0 Å². The maximum atomic E-state index is 12.1. The molecule has 4 nitrogen and oxygen atoms in total. The summed E-state index contributed by atoms with van der Waals surface area (Å²) >= 11 is 1.74. The molecule has 2 rings (SSSR count). The van der Waals surface area contributed by atoms with Crippen molar-refractivity contribution in [3.05, 3.63) is 15.6 Å². The van der Waals surface area contributed by atoms with Gasteiger partial charge in [-0.15, -0.1) is 11.3 Å². The van der Waals surface area contributed by atoms with Crippen LogP contribution in [0.3, 0.4) is 0 Å². The number of amides is 1. The highest BCUT2D eigenvalue weighted by Gasteiger charge is 2.19. The minimum absolute atomic E-state index is 0.170. The van der Waals surface area contributed by atoms with Crippen LogP contribution in [0.5, 0.6) is 0 Å². The van der Waals surface area contributed by atoms with Crippen molar-refractivity contribution in [1.29, 1.82) is 0 Å². The molecule has 124 valence electrons. The van der Waals surface area contributed by atoms with Crippen molar-refractivity contribution in [2.45, 2.75) is 71.4 Å². The Bertz CT molecular complexity index is 486. The number of hydrogen-bond donors (Lipinski definition) is 1. The van der Waals surface area contributed by atoms with Gasteiger partial charge in [0.25, 0.3) is 0 Å². The van der Waals surface area contributed by atoms with Crippen LogP contribution in [0.2, 0.25) is 0 Å². The largest absolute Gasteiger partial charge is 0.351 e. The van der Waals surface area contributed by atoms with Crippen LogP contribution in [0.1, 0.15) is 61.0 Å². The maximum Gasteiger partial charge on any atom is 0.220 e. The predicted octanol–water partition coefficient (Wildman–Crippen LogP) is 3.28. The summed E-state index contributed by atoms with van der Waals surface area (Å²) in [6.45, 7) is 6.01. The number of thiazole rings is 1. The molecule has 22 heavy (non-hydrogen) atoms. The number of nitrogens with one attached hydrogen (secondary N) is 1. The zero-order chi connectivity index (χ0) is 15.9. The Morgan fingerprint density at radius 3 is 3.00 bits per heavy atom. The van der Waals surface area contributed by atoms with Gasteiger partial charge in [-0.05, 0) is 52.6 Å². The van der Waals surface area contributed by atoms with E-state index in [1.807, 2.05) is 6.92 Å². The van der Waals surface area contributed by atoms with E-state index in [-0.39, 0.29) is 5.91 Å². The molecular formula is C17H29N3OS. The number of carbonyl (C=O) groups is 1. The molecule has 1 N–H and O–H groups in total. The first-order chi connectivity index (χ1) is 10.6. The minimum Gasteiger partial charge on any atom is -0.351 e. The SMILES string of the molecule is CCCc1nc(C)c(CNC(=O)CC[C@@H]2CCCCN2C)s1. The second-order valence-electron chi connectivity index (χ2n) is 6.31. The Labute approximate surface area is 138 Å². The van der Waals surface area contributed by atoms with Gasteiger partial charge in [-0.3, -0.25) is 4.79 Å². The molecule has 0 saturated carbocycles. The second kappa shape index (κ2) is 8.63. The number of carbonyl (C=O) groups excluding carboxylic acids is 1. The lowest BCUT2D eigenvalue weighted by Crippen LogP contribution is -2.37. The minimum atomic E-state index is 0.170. The van der Waals surface area contributed by atoms with Gasteiger partial charge in [0.05, 0.1) is 17.2 Å². The van der Waals surface area contributed by atoms with Gasteiger partial charge in [0, 0.05) is 17.3 Å². The Kier molecular flexibility index (Phi) is 6.83. The van der Waals surface area contributed by atoms with Gasteiger partial charge in [-0.1, -0.05) is 13.3 Å². The number of aryl methyl sites for hydroxylation is 2. The summed E-state index contributed by atoms with van der Waals surface area (Å²) in [5.74, 6) is 0.170. The van der Waals surface area contributed by atoms with Crippen molar-refractivity contribution in [1.82, 2.24) is 15.2 Å². The smallest absolute Gasteiger partial charge is 0.220 e. The molecule has 0 aliphatic carbocycles. The van der Waals surface area contributed by atoms with Crippen molar-refractivity contribution in [3.8, 4) is 0 Å². The Hall–Kier alpha value is -0.940. The van der Waals surface area contributed by atoms with Crippen molar-refractivity contribution >= 4 is 17.2 Å². The molecule has 1 atom stereocenters. The quantitative estimate of drug-likeness (QED) is 0.837. The number of likely N-dealkylation sites (tertiary alicyclic amines) is 1. The fourth-order valence-corrected chi connectivity index (χ4v) is 4.16. The molecule has 1 aromatic rings. The second-order valence-corrected chi connectivity index (χ2v) is 7.48. The average molecular weight is 324 g/mol. The molecule has 0 radical (unpaired) electrons. The first-order valence-electron chi connectivity index (χ1n) is 8.52. The number of hydrogen-bond acceptors (Lipinski definition) is 4. The molecule has 1 fully saturated rings. The molecule has 0 spiro atoms. The molecule has 0 bridgehead atoms. The van der Waals surface area contributed by atoms with Gasteiger partial charge in [0.2, 0.25) is 5.91 Å². The standard InChI is InChI=1S/C17H29N3OS/c1-4-7-17-19-13(2)15(22-17)12-18-16(21)10-9-14-8-5-6-11-20(14)3/h14H,4-12H2,1-3H3,(H,18,21)/t14-/m0/s1. The first-order valence-corrected chi connectivity index (χ1v) is 9.34. The zero-order valence-electron chi connectivity index (χ0n) is 14.2. The van der Waals surface area contributed by atoms with Crippen LogP contribution in [0.25, 0.3) is 0 Å². The number of piperidine rings is 1. The summed E-state index contributed by atoms with van der Waals surface area (Å²) in [6, 6.07) is 0.584. The first kappa shape index (κ1) is 17.4. The normalized spacial score (nSPS) is 19.3. The molecule has 1 amide bonds. The monoisotopic (exact) mass is 323 g/mol. The third-order valence-electron chi connectivity index (χ3n) is 4.47. The fourth-order valence-electron chi connectivity index (χ4n) is 3.05. The third-order valence-corrected chi connectivity index (χ3v) is 5.69. The molecule has 0 unspecified atom stereocenters. The molecule has 0 aromatic carbocycles. The number of nitrogens with zero attached hydrogens (tertiary/aromatic N) is 2. The van der Waals surface area contributed by atoms with E-state index in [0.717, 1.165) is 25.0 Å². The topological polar surface area (TPSA) is 45.2 Å². The Morgan fingerprint density at radius 2 is 2.27 bits per heavy atom. The summed E-state index contributed by atoms with van der Waals surface area (Å²) in [6.07, 6.45) is 7.60. The van der Waals surface area contributed by atoms with Crippen LogP contribution in [0.15, 0.2) is 0 Å². The van der Waals surface area contributed by atoms with Crippen LogP contribution < -0.4 is 5.32 Å². The van der Waals surface area contributed by atoms with Gasteiger partial charge in [0.1, 0.15) is 0 Å². The fraction of sp³-hybridized carbons (Fsp3) is 0.765. The van der Waals surface area contributed by atoms with Crippen LogP contribution in [-0.4, -0.2) is 35.4 Å². The van der Waals surface area contributed by atoms with Crippen molar-refractivity contribution in [2.75, 3.05) is 13.6 Å². The third kappa shape index (κ3) is 5.06. The Balaban J connectivity index is 1.73. The number of aromatic nitrogens is 1. The van der Waals surface area contributed by atoms with Crippen molar-refractivity contribution < 1.29 is 4.79 Å². The lowest BCUT2D eigenvalue weighted by atomic mass is 9.98. The summed E-state index contributed by atoms with van der Waals surface area (Å²) < 4.78 is 0. The van der Waals surface area contributed by atoms with Gasteiger partial charge in [-0.25, -0.2) is 4.98 Å². The summed E-state index contributed by atoms with van der Waals surface area (Å²) in [4.78, 5) is 20.2. The average Bonchev–Trinajstić information content (AvgIpc) is 2.84. The predicted molar refractivity (Wildman–Crippen MR) is 92.2 cm³/mol. The molecule has 5 heteroatoms. The highest BCUT2D eigenvalue weighted by Crippen LogP contribution is 2.20. The maximum absolute atomic E-state index is 12.1. The van der Waals surface area contributed by atoms with E-state index in [1.54, 1.807) is 11.3 Å². The van der Waals surface area contributed by atoms with E-state index < -0.39 is 0 Å². The van der Waals surface area contributed by atoms with Gasteiger partial charge < -0.3 is 10.2 Å². The summed E-state index contributed by atoms with van der Waals surface area (Å²) in [5.41, 5.74) is 1.07. The van der Waals surface area contributed by atoms with Gasteiger partial charge in [0.15, 0.2) is 0 Å². The van der Waals surface area contributed by atoms with Crippen molar-refractivity contribution in [3.63, 3.8) is 0 Å². The molecule has 1 aromatic heterocycles. The van der Waals surface area contributed by atoms with E-state index in [1.165, 1.54) is 35.7 Å². The van der Waals surface area contributed by atoms with Gasteiger partial charge in [-0.2, -0.15) is 0 Å². The molecule has 1 aliphatic rings. The Morgan fingerprint density at radius 1 is 1.45 bits per heavy atom. The molecular weight excluding hydrogens is 294 g/mol. The molecule has 1 aliphatic heterocycles. The number of rotatable bonds is 7. The lowest BCUT2D eigenvalue weighted by molar-refractivity contribution is -0.121. The highest BCUT2D eigenvalue weighted by atomic mass is 32.1. The molecule has 2 heterocycles. The van der Waals surface area contributed by atoms with E-state index in [2.05, 4.69) is 29.2 Å². The summed E-state index contributed by atoms with van der Waals surface area (Å²) in [7, 11) is 2.18. The van der Waals surface area contributed by atoms with E-state index >= 15 is 0 Å². The zero-order valence-corrected chi connectivity index (χ0v) is 15.0. The lowest BCUT2D eigenvalue weighted by Gasteiger charge is -2.32. The summed E-state index contributed by atoms with van der Waals surface area (Å²) in [5, 5.41) is 4.25. The van der Waals surface area contributed by atoms with E-state index in [0.29, 0.717) is 19.0 Å². The van der Waals surface area contributed by atoms with E-state index in [4.69, 9.17) is 0 Å². The van der Waals surface area contributed by atoms with E-state index in [9.17, 15) is 4.79 Å². The van der Waals surface area contributed by atoms with Crippen LogP contribution >= 0.6 is 11.3 Å². The van der Waals surface area contributed by atoms with Crippen LogP contribution in [-0.2, 0) is 17.8 Å². The van der Waals surface area contributed by atoms with Crippen LogP contribution in [0, 0.1) is 6.92 Å². The van der Waals surface area contributed by atoms with Crippen LogP contribution in [0.4, 0.5) is 0 Å². The van der Waals surface area contributed by atoms with Gasteiger partial charge >= 0.3 is 0 Å².